The van der Waals surface area contributed by atoms with Gasteiger partial charge < -0.3 is 9.52 Å². The number of carboxylic acid groups (broad SMARTS) is 1. The second-order valence-corrected chi connectivity index (χ2v) is 5.86. The number of hydrogen-bond donors (Lipinski definition) is 1. The van der Waals surface area contributed by atoms with E-state index in [-0.39, 0.29) is 11.1 Å². The molecule has 6 heteroatoms. The Balaban J connectivity index is 2.15. The Labute approximate surface area is 142 Å². The van der Waals surface area contributed by atoms with Gasteiger partial charge in [-0.3, -0.25) is 9.59 Å². The molecule has 1 aromatic heterocycles. The summed E-state index contributed by atoms with van der Waals surface area (Å²) in [7, 11) is 0. The molecule has 1 heterocycles. The number of rotatable bonds is 4. The molecule has 3 aromatic rings. The highest BCUT2D eigenvalue weighted by molar-refractivity contribution is 6.12. The Kier molecular flexibility index (Phi) is 4.19. The van der Waals surface area contributed by atoms with Gasteiger partial charge in [0.15, 0.2) is 17.3 Å². The first-order valence-corrected chi connectivity index (χ1v) is 7.62. The third-order valence-electron chi connectivity index (χ3n) is 3.89. The van der Waals surface area contributed by atoms with Crippen LogP contribution in [0.3, 0.4) is 0 Å². The number of nitrogens with zero attached hydrogens (tertiary/aromatic N) is 1. The third kappa shape index (κ3) is 3.19. The van der Waals surface area contributed by atoms with E-state index in [2.05, 4.69) is 4.98 Å². The summed E-state index contributed by atoms with van der Waals surface area (Å²) in [4.78, 5) is 40.7. The van der Waals surface area contributed by atoms with Crippen LogP contribution in [0.25, 0.3) is 11.1 Å². The Morgan fingerprint density at radius 1 is 1.04 bits per heavy atom. The summed E-state index contributed by atoms with van der Waals surface area (Å²) in [5.74, 6) is -3.87. The highest BCUT2D eigenvalue weighted by Crippen LogP contribution is 2.21. The van der Waals surface area contributed by atoms with Crippen LogP contribution in [0.5, 0.6) is 0 Å². The average Bonchev–Trinajstić information content (AvgIpc) is 2.56. The van der Waals surface area contributed by atoms with Gasteiger partial charge in [0, 0.05) is 5.56 Å². The van der Waals surface area contributed by atoms with E-state index >= 15 is 0 Å². The smallest absolute Gasteiger partial charge is 0.359 e. The molecule has 1 atom stereocenters. The number of Topliss-reactive ketones (excluding diaryl/α,β-unsaturated/α-hetero) is 1. The van der Waals surface area contributed by atoms with Crippen molar-refractivity contribution in [2.75, 3.05) is 0 Å². The zero-order valence-corrected chi connectivity index (χ0v) is 13.6. The topological polar surface area (TPSA) is 97.5 Å². The van der Waals surface area contributed by atoms with E-state index in [9.17, 15) is 19.5 Å². The molecule has 0 aliphatic carbocycles. The lowest BCUT2D eigenvalue weighted by Gasteiger charge is -2.11. The summed E-state index contributed by atoms with van der Waals surface area (Å²) in [5, 5.41) is 9.52. The Morgan fingerprint density at radius 3 is 2.32 bits per heavy atom. The van der Waals surface area contributed by atoms with Crippen molar-refractivity contribution in [1.29, 1.82) is 0 Å². The van der Waals surface area contributed by atoms with Gasteiger partial charge in [-0.15, -0.1) is 0 Å². The van der Waals surface area contributed by atoms with Crippen molar-refractivity contribution in [3.8, 4) is 0 Å². The summed E-state index contributed by atoms with van der Waals surface area (Å²) in [6.07, 6.45) is 0. The lowest BCUT2D eigenvalue weighted by Crippen LogP contribution is -2.28. The molecule has 0 saturated carbocycles. The van der Waals surface area contributed by atoms with Crippen LogP contribution in [0, 0.1) is 13.8 Å². The molecule has 0 aliphatic heterocycles. The fraction of sp³-hybridized carbons (Fsp3) is 0.158. The van der Waals surface area contributed by atoms with Crippen molar-refractivity contribution in [2.24, 2.45) is 0 Å². The van der Waals surface area contributed by atoms with Gasteiger partial charge in [-0.1, -0.05) is 35.9 Å². The molecule has 1 unspecified atom stereocenters. The Hall–Kier alpha value is -3.28. The molecule has 0 amide bonds. The van der Waals surface area contributed by atoms with E-state index in [1.165, 1.54) is 12.1 Å². The van der Waals surface area contributed by atoms with Crippen molar-refractivity contribution in [3.05, 3.63) is 75.3 Å². The Bertz CT molecular complexity index is 1030. The summed E-state index contributed by atoms with van der Waals surface area (Å²) in [5.41, 5.74) is 1.23. The van der Waals surface area contributed by atoms with Crippen molar-refractivity contribution >= 4 is 22.9 Å². The molecule has 3 rings (SSSR count). The third-order valence-corrected chi connectivity index (χ3v) is 3.89. The number of ketones is 1. The van der Waals surface area contributed by atoms with Gasteiger partial charge in [0.2, 0.25) is 0 Å². The second-order valence-electron chi connectivity index (χ2n) is 5.86. The van der Waals surface area contributed by atoms with Gasteiger partial charge in [-0.25, -0.2) is 9.78 Å². The SMILES string of the molecule is Cc1ccc(C(=O)C(C(=O)O)c2nc3cc(C)ccc3oc2=O)cc1. The minimum Gasteiger partial charge on any atom is -0.480 e. The van der Waals surface area contributed by atoms with Gasteiger partial charge in [0.25, 0.3) is 0 Å². The molecule has 0 bridgehead atoms. The molecule has 25 heavy (non-hydrogen) atoms. The van der Waals surface area contributed by atoms with Crippen LogP contribution in [0.4, 0.5) is 0 Å². The predicted molar refractivity (Wildman–Crippen MR) is 90.9 cm³/mol. The van der Waals surface area contributed by atoms with Gasteiger partial charge >= 0.3 is 11.6 Å². The van der Waals surface area contributed by atoms with E-state index in [4.69, 9.17) is 4.42 Å². The number of aromatic nitrogens is 1. The fourth-order valence-electron chi connectivity index (χ4n) is 2.55. The van der Waals surface area contributed by atoms with Gasteiger partial charge in [-0.2, -0.15) is 0 Å². The average molecular weight is 337 g/mol. The highest BCUT2D eigenvalue weighted by Gasteiger charge is 2.34. The molecular formula is C19H15NO5. The van der Waals surface area contributed by atoms with E-state index in [0.717, 1.165) is 11.1 Å². The van der Waals surface area contributed by atoms with Gasteiger partial charge in [-0.05, 0) is 31.5 Å². The molecule has 0 radical (unpaired) electrons. The van der Waals surface area contributed by atoms with E-state index in [1.54, 1.807) is 30.3 Å². The van der Waals surface area contributed by atoms with E-state index < -0.39 is 29.0 Å². The maximum Gasteiger partial charge on any atom is 0.359 e. The molecule has 2 aromatic carbocycles. The fourth-order valence-corrected chi connectivity index (χ4v) is 2.55. The first-order valence-electron chi connectivity index (χ1n) is 7.62. The van der Waals surface area contributed by atoms with Crippen LogP contribution in [-0.4, -0.2) is 21.8 Å². The summed E-state index contributed by atoms with van der Waals surface area (Å²) in [6, 6.07) is 11.5. The van der Waals surface area contributed by atoms with Crippen LogP contribution >= 0.6 is 0 Å². The predicted octanol–water partition coefficient (Wildman–Crippen LogP) is 2.86. The molecule has 6 nitrogen and oxygen atoms in total. The van der Waals surface area contributed by atoms with Crippen LogP contribution < -0.4 is 5.63 Å². The first kappa shape index (κ1) is 16.6. The maximum atomic E-state index is 12.7. The van der Waals surface area contributed by atoms with E-state index in [1.807, 2.05) is 13.8 Å². The molecule has 126 valence electrons. The van der Waals surface area contributed by atoms with Crippen LogP contribution in [0.15, 0.2) is 51.7 Å². The van der Waals surface area contributed by atoms with Crippen molar-refractivity contribution in [3.63, 3.8) is 0 Å². The zero-order chi connectivity index (χ0) is 18.1. The molecule has 0 spiro atoms. The normalized spacial score (nSPS) is 12.1. The standard InChI is InChI=1S/C19H15NO5/c1-10-3-6-12(7-4-10)17(21)15(18(22)23)16-19(24)25-14-8-5-11(2)9-13(14)20-16/h3-9,15H,1-2H3,(H,22,23). The lowest BCUT2D eigenvalue weighted by molar-refractivity contribution is -0.137. The van der Waals surface area contributed by atoms with Crippen LogP contribution in [0.2, 0.25) is 0 Å². The van der Waals surface area contributed by atoms with Crippen LogP contribution in [0.1, 0.15) is 33.1 Å². The van der Waals surface area contributed by atoms with Crippen molar-refractivity contribution in [2.45, 2.75) is 19.8 Å². The van der Waals surface area contributed by atoms with Crippen molar-refractivity contribution in [1.82, 2.24) is 4.98 Å². The number of hydrogen-bond acceptors (Lipinski definition) is 5. The number of carbonyl (C=O) groups excluding carboxylic acids is 1. The number of carbonyl (C=O) groups is 2. The summed E-state index contributed by atoms with van der Waals surface area (Å²) >= 11 is 0. The highest BCUT2D eigenvalue weighted by atomic mass is 16.4. The number of aliphatic carboxylic acids is 1. The van der Waals surface area contributed by atoms with Gasteiger partial charge in [0.1, 0.15) is 11.2 Å². The monoisotopic (exact) mass is 337 g/mol. The number of benzene rings is 2. The summed E-state index contributed by atoms with van der Waals surface area (Å²) < 4.78 is 5.15. The molecular weight excluding hydrogens is 322 g/mol. The second kappa shape index (κ2) is 6.32. The molecule has 1 N–H and O–H groups in total. The Morgan fingerprint density at radius 2 is 1.68 bits per heavy atom. The number of fused-ring (bicyclic) bond motifs is 1. The van der Waals surface area contributed by atoms with E-state index in [0.29, 0.717) is 5.52 Å². The number of aryl methyl sites for hydroxylation is 2. The minimum absolute atomic E-state index is 0.198. The largest absolute Gasteiger partial charge is 0.480 e. The quantitative estimate of drug-likeness (QED) is 0.581. The number of carboxylic acids is 1. The summed E-state index contributed by atoms with van der Waals surface area (Å²) in [6.45, 7) is 3.68. The van der Waals surface area contributed by atoms with Crippen molar-refractivity contribution < 1.29 is 19.1 Å². The molecule has 0 aliphatic rings. The molecule has 0 fully saturated rings. The first-order chi connectivity index (χ1) is 11.9. The minimum atomic E-state index is -1.72. The molecule has 0 saturated heterocycles. The van der Waals surface area contributed by atoms with Gasteiger partial charge in [0.05, 0.1) is 0 Å². The van der Waals surface area contributed by atoms with Crippen LogP contribution in [-0.2, 0) is 4.79 Å². The zero-order valence-electron chi connectivity index (χ0n) is 13.6. The maximum absolute atomic E-state index is 12.7. The lowest BCUT2D eigenvalue weighted by atomic mass is 9.94.